The molecule has 1 aromatic heterocycles. The predicted octanol–water partition coefficient (Wildman–Crippen LogP) is -0.251. The van der Waals surface area contributed by atoms with Crippen LogP contribution in [0.4, 0.5) is 4.79 Å². The van der Waals surface area contributed by atoms with Gasteiger partial charge in [-0.1, -0.05) is 5.21 Å². The van der Waals surface area contributed by atoms with Gasteiger partial charge in [-0.15, -0.1) is 5.10 Å². The van der Waals surface area contributed by atoms with Gasteiger partial charge in [-0.2, -0.15) is 0 Å². The Hall–Kier alpha value is -2.45. The molecule has 0 bridgehead atoms. The molecule has 1 heterocycles. The summed E-state index contributed by atoms with van der Waals surface area (Å²) in [4.78, 5) is 32.9. The Morgan fingerprint density at radius 2 is 1.95 bits per heavy atom. The number of nitrogens with zero attached hydrogens (tertiary/aromatic N) is 3. The fourth-order valence-corrected chi connectivity index (χ4v) is 1.43. The van der Waals surface area contributed by atoms with Gasteiger partial charge in [0.1, 0.15) is 0 Å². The van der Waals surface area contributed by atoms with Crippen LogP contribution in [-0.2, 0) is 16.1 Å². The maximum absolute atomic E-state index is 11.3. The summed E-state index contributed by atoms with van der Waals surface area (Å²) in [6.07, 6.45) is 4.19. The summed E-state index contributed by atoms with van der Waals surface area (Å²) in [5, 5.41) is 20.4. The standard InChI is InChI=1S/C11H17N5O4/c17-9(3-1-2-4-10(18)19)14-11(20)12-5-7-16-8-6-13-15-16/h6,8H,1-5,7H2,(H,18,19)(H2,12,14,17,20). The highest BCUT2D eigenvalue weighted by molar-refractivity contribution is 5.94. The van der Waals surface area contributed by atoms with Crippen LogP contribution in [0.5, 0.6) is 0 Å². The third kappa shape index (κ3) is 7.09. The van der Waals surface area contributed by atoms with Crippen LogP contribution < -0.4 is 10.6 Å². The normalized spacial score (nSPS) is 10.0. The van der Waals surface area contributed by atoms with E-state index in [0.29, 0.717) is 25.9 Å². The molecule has 0 fully saturated rings. The first-order chi connectivity index (χ1) is 9.58. The van der Waals surface area contributed by atoms with Crippen LogP contribution in [0.3, 0.4) is 0 Å². The van der Waals surface area contributed by atoms with Crippen molar-refractivity contribution in [3.63, 3.8) is 0 Å². The van der Waals surface area contributed by atoms with E-state index >= 15 is 0 Å². The van der Waals surface area contributed by atoms with E-state index in [0.717, 1.165) is 0 Å². The third-order valence-corrected chi connectivity index (χ3v) is 2.40. The number of aromatic nitrogens is 3. The van der Waals surface area contributed by atoms with Gasteiger partial charge in [0.25, 0.3) is 0 Å². The lowest BCUT2D eigenvalue weighted by molar-refractivity contribution is -0.137. The lowest BCUT2D eigenvalue weighted by Crippen LogP contribution is -2.40. The van der Waals surface area contributed by atoms with E-state index in [1.165, 1.54) is 6.20 Å². The molecular formula is C11H17N5O4. The molecule has 0 unspecified atom stereocenters. The second-order valence-corrected chi connectivity index (χ2v) is 4.07. The minimum Gasteiger partial charge on any atom is -0.481 e. The van der Waals surface area contributed by atoms with Crippen LogP contribution in [0.1, 0.15) is 25.7 Å². The minimum atomic E-state index is -0.892. The lowest BCUT2D eigenvalue weighted by atomic mass is 10.2. The molecule has 0 radical (unpaired) electrons. The molecular weight excluding hydrogens is 266 g/mol. The highest BCUT2D eigenvalue weighted by Gasteiger charge is 2.07. The van der Waals surface area contributed by atoms with Crippen LogP contribution in [0.15, 0.2) is 12.4 Å². The molecule has 9 heteroatoms. The van der Waals surface area contributed by atoms with E-state index in [1.54, 1.807) is 10.9 Å². The maximum Gasteiger partial charge on any atom is 0.321 e. The molecule has 0 spiro atoms. The molecule has 0 saturated carbocycles. The molecule has 1 aromatic rings. The number of aliphatic carboxylic acids is 1. The predicted molar refractivity (Wildman–Crippen MR) is 67.7 cm³/mol. The minimum absolute atomic E-state index is 0.0252. The van der Waals surface area contributed by atoms with E-state index in [4.69, 9.17) is 5.11 Å². The van der Waals surface area contributed by atoms with Crippen molar-refractivity contribution in [3.8, 4) is 0 Å². The number of hydrogen-bond acceptors (Lipinski definition) is 5. The first-order valence-electron chi connectivity index (χ1n) is 6.21. The zero-order valence-corrected chi connectivity index (χ0v) is 10.9. The van der Waals surface area contributed by atoms with Crippen molar-refractivity contribution >= 4 is 17.9 Å². The molecule has 3 N–H and O–H groups in total. The van der Waals surface area contributed by atoms with Crippen molar-refractivity contribution in [2.45, 2.75) is 32.2 Å². The molecule has 1 rings (SSSR count). The van der Waals surface area contributed by atoms with Crippen LogP contribution in [0.25, 0.3) is 0 Å². The van der Waals surface area contributed by atoms with Gasteiger partial charge in [0, 0.05) is 25.6 Å². The monoisotopic (exact) mass is 283 g/mol. The van der Waals surface area contributed by atoms with Crippen molar-refractivity contribution in [1.82, 2.24) is 25.6 Å². The number of amides is 3. The first-order valence-corrected chi connectivity index (χ1v) is 6.21. The fraction of sp³-hybridized carbons (Fsp3) is 0.545. The second-order valence-electron chi connectivity index (χ2n) is 4.07. The average molecular weight is 283 g/mol. The number of nitrogens with one attached hydrogen (secondary N) is 2. The first kappa shape index (κ1) is 15.6. The number of carbonyl (C=O) groups is 3. The average Bonchev–Trinajstić information content (AvgIpc) is 2.87. The number of unbranched alkanes of at least 4 members (excludes halogenated alkanes) is 1. The molecule has 110 valence electrons. The van der Waals surface area contributed by atoms with Gasteiger partial charge in [-0.25, -0.2) is 4.79 Å². The number of carbonyl (C=O) groups excluding carboxylic acids is 2. The maximum atomic E-state index is 11.3. The second kappa shape index (κ2) is 8.62. The van der Waals surface area contributed by atoms with Gasteiger partial charge < -0.3 is 10.4 Å². The number of imide groups is 1. The highest BCUT2D eigenvalue weighted by atomic mass is 16.4. The Morgan fingerprint density at radius 1 is 1.20 bits per heavy atom. The summed E-state index contributed by atoms with van der Waals surface area (Å²) in [6, 6.07) is -0.576. The smallest absolute Gasteiger partial charge is 0.321 e. The zero-order valence-electron chi connectivity index (χ0n) is 10.9. The van der Waals surface area contributed by atoms with Gasteiger partial charge in [-0.3, -0.25) is 19.6 Å². The van der Waals surface area contributed by atoms with Crippen molar-refractivity contribution in [2.24, 2.45) is 0 Å². The molecule has 20 heavy (non-hydrogen) atoms. The van der Waals surface area contributed by atoms with Gasteiger partial charge in [0.05, 0.1) is 12.7 Å². The van der Waals surface area contributed by atoms with Crippen LogP contribution in [0, 0.1) is 0 Å². The van der Waals surface area contributed by atoms with E-state index in [2.05, 4.69) is 20.9 Å². The van der Waals surface area contributed by atoms with Gasteiger partial charge in [-0.05, 0) is 12.8 Å². The molecule has 0 aliphatic rings. The van der Waals surface area contributed by atoms with E-state index in [1.807, 2.05) is 0 Å². The number of hydrogen-bond donors (Lipinski definition) is 3. The number of carboxylic acids is 1. The summed E-state index contributed by atoms with van der Waals surface area (Å²) in [6.45, 7) is 0.779. The summed E-state index contributed by atoms with van der Waals surface area (Å²) in [5.41, 5.74) is 0. The summed E-state index contributed by atoms with van der Waals surface area (Å²) in [7, 11) is 0. The van der Waals surface area contributed by atoms with Crippen molar-refractivity contribution < 1.29 is 19.5 Å². The summed E-state index contributed by atoms with van der Waals surface area (Å²) >= 11 is 0. The third-order valence-electron chi connectivity index (χ3n) is 2.40. The van der Waals surface area contributed by atoms with E-state index in [-0.39, 0.29) is 12.8 Å². The summed E-state index contributed by atoms with van der Waals surface area (Å²) < 4.78 is 1.55. The van der Waals surface area contributed by atoms with E-state index in [9.17, 15) is 14.4 Å². The Balaban J connectivity index is 2.05. The topological polar surface area (TPSA) is 126 Å². The van der Waals surface area contributed by atoms with Crippen molar-refractivity contribution in [1.29, 1.82) is 0 Å². The van der Waals surface area contributed by atoms with Crippen molar-refractivity contribution in [3.05, 3.63) is 12.4 Å². The molecule has 3 amide bonds. The molecule has 0 atom stereocenters. The molecule has 9 nitrogen and oxygen atoms in total. The van der Waals surface area contributed by atoms with Crippen molar-refractivity contribution in [2.75, 3.05) is 6.54 Å². The van der Waals surface area contributed by atoms with Crippen LogP contribution in [-0.4, -0.2) is 44.6 Å². The Morgan fingerprint density at radius 3 is 2.60 bits per heavy atom. The molecule has 0 aromatic carbocycles. The van der Waals surface area contributed by atoms with Crippen LogP contribution in [0.2, 0.25) is 0 Å². The van der Waals surface area contributed by atoms with Gasteiger partial charge in [0.15, 0.2) is 0 Å². The highest BCUT2D eigenvalue weighted by Crippen LogP contribution is 1.99. The Kier molecular flexibility index (Phi) is 6.72. The number of rotatable bonds is 8. The molecule has 0 aliphatic carbocycles. The quantitative estimate of drug-likeness (QED) is 0.565. The Bertz CT molecular complexity index is 446. The zero-order chi connectivity index (χ0) is 14.8. The number of urea groups is 1. The Labute approximate surface area is 115 Å². The molecule has 0 saturated heterocycles. The fourth-order valence-electron chi connectivity index (χ4n) is 1.43. The summed E-state index contributed by atoms with van der Waals surface area (Å²) in [5.74, 6) is -1.31. The SMILES string of the molecule is O=C(O)CCCCC(=O)NC(=O)NCCn1ccnn1. The lowest BCUT2D eigenvalue weighted by Gasteiger charge is -2.06. The van der Waals surface area contributed by atoms with Gasteiger partial charge >= 0.3 is 12.0 Å². The van der Waals surface area contributed by atoms with Gasteiger partial charge in [0.2, 0.25) is 5.91 Å². The largest absolute Gasteiger partial charge is 0.481 e. The number of carboxylic acid groups (broad SMARTS) is 1. The molecule has 0 aliphatic heterocycles. The van der Waals surface area contributed by atoms with Crippen LogP contribution >= 0.6 is 0 Å². The van der Waals surface area contributed by atoms with E-state index < -0.39 is 17.9 Å².